The van der Waals surface area contributed by atoms with Gasteiger partial charge in [-0.05, 0) is 36.6 Å². The number of hydrogen-bond acceptors (Lipinski definition) is 4. The van der Waals surface area contributed by atoms with Crippen LogP contribution in [0.5, 0.6) is 0 Å². The van der Waals surface area contributed by atoms with Crippen LogP contribution >= 0.6 is 0 Å². The first kappa shape index (κ1) is 10.5. The van der Waals surface area contributed by atoms with Crippen LogP contribution in [-0.4, -0.2) is 12.5 Å². The van der Waals surface area contributed by atoms with Crippen molar-refractivity contribution in [2.24, 2.45) is 5.92 Å². The number of hydrogen-bond donors (Lipinski definition) is 1. The predicted molar refractivity (Wildman–Crippen MR) is 56.5 cm³/mol. The molecule has 0 amide bonds. The molecule has 0 aliphatic carbocycles. The van der Waals surface area contributed by atoms with Crippen LogP contribution < -0.4 is 10.4 Å². The summed E-state index contributed by atoms with van der Waals surface area (Å²) >= 11 is 0. The van der Waals surface area contributed by atoms with Crippen molar-refractivity contribution in [3.8, 4) is 6.07 Å². The summed E-state index contributed by atoms with van der Waals surface area (Å²) in [6, 6.07) is 7.43. The molecule has 0 radical (unpaired) electrons. The zero-order chi connectivity index (χ0) is 11.5. The van der Waals surface area contributed by atoms with Gasteiger partial charge in [-0.1, -0.05) is 0 Å². The number of carbonyl (C=O) groups is 1. The minimum absolute atomic E-state index is 0.390. The topological polar surface area (TPSA) is 76.0 Å². The van der Waals surface area contributed by atoms with E-state index >= 15 is 0 Å². The summed E-state index contributed by atoms with van der Waals surface area (Å²) in [6.07, 6.45) is 1.22. The molecule has 0 aromatic heterocycles. The molecule has 1 aliphatic heterocycles. The lowest BCUT2D eigenvalue weighted by molar-refractivity contribution is -0.311. The standard InChI is InChI=1S/C12H12N2O2/c13-6-8-1-4-11-9(5-8)2-3-10(7-14-11)12(15)16/h1,4-5,10,14H,2-3,7H2,(H,15,16)/p-1. The number of nitrogens with zero attached hydrogens (tertiary/aromatic N) is 1. The van der Waals surface area contributed by atoms with E-state index in [4.69, 9.17) is 5.26 Å². The minimum atomic E-state index is -1.01. The molecule has 1 N–H and O–H groups in total. The van der Waals surface area contributed by atoms with Gasteiger partial charge in [-0.2, -0.15) is 5.26 Å². The van der Waals surface area contributed by atoms with Gasteiger partial charge in [0.2, 0.25) is 0 Å². The largest absolute Gasteiger partial charge is 0.550 e. The van der Waals surface area contributed by atoms with E-state index in [-0.39, 0.29) is 0 Å². The number of nitriles is 1. The first-order valence-electron chi connectivity index (χ1n) is 5.18. The number of aryl methyl sites for hydroxylation is 1. The van der Waals surface area contributed by atoms with Gasteiger partial charge in [0, 0.05) is 24.1 Å². The Morgan fingerprint density at radius 1 is 1.56 bits per heavy atom. The number of carbonyl (C=O) groups excluding carboxylic acids is 1. The highest BCUT2D eigenvalue weighted by atomic mass is 16.4. The van der Waals surface area contributed by atoms with Crippen molar-refractivity contribution in [1.29, 1.82) is 5.26 Å². The number of rotatable bonds is 1. The van der Waals surface area contributed by atoms with Gasteiger partial charge < -0.3 is 15.2 Å². The maximum Gasteiger partial charge on any atom is 0.0991 e. The summed E-state index contributed by atoms with van der Waals surface area (Å²) in [5.74, 6) is -1.47. The maximum atomic E-state index is 10.8. The molecule has 0 spiro atoms. The zero-order valence-corrected chi connectivity index (χ0v) is 8.69. The van der Waals surface area contributed by atoms with Crippen molar-refractivity contribution < 1.29 is 9.90 Å². The fourth-order valence-corrected chi connectivity index (χ4v) is 1.91. The molecule has 2 rings (SSSR count). The first-order valence-corrected chi connectivity index (χ1v) is 5.18. The number of carboxylic acids is 1. The Hall–Kier alpha value is -2.02. The van der Waals surface area contributed by atoms with Crippen LogP contribution in [0, 0.1) is 17.2 Å². The highest BCUT2D eigenvalue weighted by Crippen LogP contribution is 2.24. The van der Waals surface area contributed by atoms with Crippen molar-refractivity contribution >= 4 is 11.7 Å². The molecule has 0 bridgehead atoms. The first-order chi connectivity index (χ1) is 7.70. The Morgan fingerprint density at radius 2 is 2.38 bits per heavy atom. The fourth-order valence-electron chi connectivity index (χ4n) is 1.91. The summed E-state index contributed by atoms with van der Waals surface area (Å²) in [5.41, 5.74) is 2.53. The molecule has 1 aliphatic rings. The van der Waals surface area contributed by atoms with Gasteiger partial charge >= 0.3 is 0 Å². The molecule has 0 fully saturated rings. The van der Waals surface area contributed by atoms with E-state index < -0.39 is 11.9 Å². The molecule has 1 heterocycles. The second kappa shape index (κ2) is 4.23. The number of benzene rings is 1. The molecule has 1 unspecified atom stereocenters. The van der Waals surface area contributed by atoms with Crippen molar-refractivity contribution in [2.75, 3.05) is 11.9 Å². The van der Waals surface area contributed by atoms with Crippen LogP contribution in [-0.2, 0) is 11.2 Å². The molecule has 4 nitrogen and oxygen atoms in total. The monoisotopic (exact) mass is 215 g/mol. The minimum Gasteiger partial charge on any atom is -0.550 e. The number of fused-ring (bicyclic) bond motifs is 1. The maximum absolute atomic E-state index is 10.8. The quantitative estimate of drug-likeness (QED) is 0.730. The van der Waals surface area contributed by atoms with Crippen molar-refractivity contribution in [3.63, 3.8) is 0 Å². The highest BCUT2D eigenvalue weighted by molar-refractivity contribution is 5.69. The van der Waals surface area contributed by atoms with Crippen LogP contribution in [0.4, 0.5) is 5.69 Å². The Labute approximate surface area is 93.5 Å². The second-order valence-electron chi connectivity index (χ2n) is 3.92. The molecule has 0 saturated heterocycles. The second-order valence-corrected chi connectivity index (χ2v) is 3.92. The molecule has 82 valence electrons. The van der Waals surface area contributed by atoms with E-state index in [1.54, 1.807) is 12.1 Å². The fraction of sp³-hybridized carbons (Fsp3) is 0.333. The molecule has 1 aromatic carbocycles. The number of anilines is 1. The van der Waals surface area contributed by atoms with Gasteiger partial charge in [0.05, 0.1) is 11.6 Å². The smallest absolute Gasteiger partial charge is 0.0991 e. The van der Waals surface area contributed by atoms with Crippen LogP contribution in [0.25, 0.3) is 0 Å². The van der Waals surface area contributed by atoms with Gasteiger partial charge in [0.1, 0.15) is 0 Å². The Balaban J connectivity index is 2.24. The lowest BCUT2D eigenvalue weighted by atomic mass is 10.0. The van der Waals surface area contributed by atoms with Crippen LogP contribution in [0.3, 0.4) is 0 Å². The Kier molecular flexibility index (Phi) is 2.78. The van der Waals surface area contributed by atoms with Crippen molar-refractivity contribution in [2.45, 2.75) is 12.8 Å². The van der Waals surface area contributed by atoms with E-state index in [9.17, 15) is 9.90 Å². The van der Waals surface area contributed by atoms with Gasteiger partial charge in [0.15, 0.2) is 0 Å². The van der Waals surface area contributed by atoms with E-state index in [0.29, 0.717) is 24.9 Å². The Morgan fingerprint density at radius 3 is 3.06 bits per heavy atom. The average Bonchev–Trinajstić information content (AvgIpc) is 2.50. The number of carboxylic acid groups (broad SMARTS) is 1. The summed E-state index contributed by atoms with van der Waals surface area (Å²) in [7, 11) is 0. The molecule has 0 saturated carbocycles. The third kappa shape index (κ3) is 1.98. The summed E-state index contributed by atoms with van der Waals surface area (Å²) < 4.78 is 0. The molecule has 4 heteroatoms. The van der Waals surface area contributed by atoms with Crippen LogP contribution in [0.1, 0.15) is 17.5 Å². The molecule has 16 heavy (non-hydrogen) atoms. The van der Waals surface area contributed by atoms with E-state index in [1.807, 2.05) is 6.07 Å². The Bertz CT molecular complexity index is 463. The summed E-state index contributed by atoms with van der Waals surface area (Å²) in [4.78, 5) is 10.8. The van der Waals surface area contributed by atoms with E-state index in [1.165, 1.54) is 0 Å². The highest BCUT2D eigenvalue weighted by Gasteiger charge is 2.16. The third-order valence-corrected chi connectivity index (χ3v) is 2.87. The van der Waals surface area contributed by atoms with Gasteiger partial charge in [-0.25, -0.2) is 0 Å². The van der Waals surface area contributed by atoms with E-state index in [2.05, 4.69) is 11.4 Å². The average molecular weight is 215 g/mol. The van der Waals surface area contributed by atoms with Crippen LogP contribution in [0.2, 0.25) is 0 Å². The SMILES string of the molecule is N#Cc1ccc2c(c1)CCC(C(=O)[O-])CN2. The van der Waals surface area contributed by atoms with Crippen molar-refractivity contribution in [1.82, 2.24) is 0 Å². The molecular weight excluding hydrogens is 204 g/mol. The number of nitrogens with one attached hydrogen (secondary N) is 1. The molecule has 1 atom stereocenters. The summed E-state index contributed by atoms with van der Waals surface area (Å²) in [6.45, 7) is 0.390. The normalized spacial score (nSPS) is 18.8. The molecule has 1 aromatic rings. The number of aliphatic carboxylic acids is 1. The van der Waals surface area contributed by atoms with Crippen LogP contribution in [0.15, 0.2) is 18.2 Å². The molecular formula is C12H11N2O2-. The van der Waals surface area contributed by atoms with Gasteiger partial charge in [-0.3, -0.25) is 0 Å². The predicted octanol–water partition coefficient (Wildman–Crippen LogP) is 0.282. The lowest BCUT2D eigenvalue weighted by Crippen LogP contribution is -2.34. The summed E-state index contributed by atoms with van der Waals surface area (Å²) in [5, 5.41) is 22.6. The van der Waals surface area contributed by atoms with Gasteiger partial charge in [0.25, 0.3) is 0 Å². The van der Waals surface area contributed by atoms with E-state index in [0.717, 1.165) is 11.3 Å². The third-order valence-electron chi connectivity index (χ3n) is 2.87. The lowest BCUT2D eigenvalue weighted by Gasteiger charge is -2.14. The zero-order valence-electron chi connectivity index (χ0n) is 8.69. The van der Waals surface area contributed by atoms with Gasteiger partial charge in [-0.15, -0.1) is 0 Å². The van der Waals surface area contributed by atoms with Crippen molar-refractivity contribution in [3.05, 3.63) is 29.3 Å².